The maximum absolute atomic E-state index is 11.8. The predicted octanol–water partition coefficient (Wildman–Crippen LogP) is 3.49. The summed E-state index contributed by atoms with van der Waals surface area (Å²) < 4.78 is 0. The van der Waals surface area contributed by atoms with Crippen LogP contribution in [0.15, 0.2) is 12.7 Å². The molecule has 1 saturated heterocycles. The van der Waals surface area contributed by atoms with Gasteiger partial charge >= 0.3 is 0 Å². The van der Waals surface area contributed by atoms with Gasteiger partial charge in [0.2, 0.25) is 0 Å². The number of hydroxylamine groups is 2. The first-order valence-electron chi connectivity index (χ1n) is 6.84. The number of Topliss-reactive ketones (excluding diaryl/α,β-unsaturated/α-hetero) is 1. The molecule has 1 heterocycles. The van der Waals surface area contributed by atoms with Crippen molar-refractivity contribution in [2.24, 2.45) is 0 Å². The Labute approximate surface area is 111 Å². The molecule has 0 saturated carbocycles. The van der Waals surface area contributed by atoms with Crippen LogP contribution >= 0.6 is 0 Å². The average molecular weight is 253 g/mol. The molecule has 18 heavy (non-hydrogen) atoms. The Balaban J connectivity index is 2.88. The smallest absolute Gasteiger partial charge is 0.136 e. The van der Waals surface area contributed by atoms with E-state index < -0.39 is 0 Å². The van der Waals surface area contributed by atoms with Crippen LogP contribution in [0.2, 0.25) is 0 Å². The predicted molar refractivity (Wildman–Crippen MR) is 74.2 cm³/mol. The molecule has 0 aromatic carbocycles. The number of carbonyl (C=O) groups is 1. The molecule has 1 atom stereocenters. The molecule has 0 bridgehead atoms. The van der Waals surface area contributed by atoms with Gasteiger partial charge in [-0.2, -0.15) is 5.06 Å². The minimum absolute atomic E-state index is 0.0294. The Bertz CT molecular complexity index is 300. The Morgan fingerprint density at radius 3 is 2.22 bits per heavy atom. The molecule has 3 heteroatoms. The van der Waals surface area contributed by atoms with Gasteiger partial charge in [0.05, 0.1) is 6.10 Å². The summed E-state index contributed by atoms with van der Waals surface area (Å²) >= 11 is 0. The Hall–Kier alpha value is -0.670. The van der Waals surface area contributed by atoms with E-state index in [-0.39, 0.29) is 17.2 Å². The lowest BCUT2D eigenvalue weighted by Crippen LogP contribution is -2.61. The van der Waals surface area contributed by atoms with Crippen LogP contribution in [0.4, 0.5) is 0 Å². The van der Waals surface area contributed by atoms with E-state index in [1.165, 1.54) is 0 Å². The summed E-state index contributed by atoms with van der Waals surface area (Å²) in [5.41, 5.74) is -0.512. The van der Waals surface area contributed by atoms with Crippen LogP contribution in [0.25, 0.3) is 0 Å². The van der Waals surface area contributed by atoms with Crippen molar-refractivity contribution >= 4 is 5.78 Å². The zero-order valence-corrected chi connectivity index (χ0v) is 12.5. The standard InChI is InChI=1S/C15H27NO2/c1-7-9-13(8-2)18-16-14(3,4)10-12(17)11-15(16,5)6/h8,13H,2,7,9-11H2,1,3-6H3. The lowest BCUT2D eigenvalue weighted by molar-refractivity contribution is -0.290. The first kappa shape index (κ1) is 15.4. The van der Waals surface area contributed by atoms with Gasteiger partial charge < -0.3 is 0 Å². The quantitative estimate of drug-likeness (QED) is 0.702. The minimum atomic E-state index is -0.256. The van der Waals surface area contributed by atoms with Gasteiger partial charge in [-0.1, -0.05) is 19.4 Å². The normalized spacial score (nSPS) is 24.8. The molecule has 0 spiro atoms. The third kappa shape index (κ3) is 3.42. The number of hydrogen-bond acceptors (Lipinski definition) is 3. The third-order valence-electron chi connectivity index (χ3n) is 3.44. The van der Waals surface area contributed by atoms with Crippen molar-refractivity contribution in [1.29, 1.82) is 0 Å². The molecular weight excluding hydrogens is 226 g/mol. The molecular formula is C15H27NO2. The van der Waals surface area contributed by atoms with Gasteiger partial charge in [-0.3, -0.25) is 9.63 Å². The highest BCUT2D eigenvalue weighted by atomic mass is 16.7. The number of carbonyl (C=O) groups excluding carboxylic acids is 1. The average Bonchev–Trinajstić information content (AvgIpc) is 2.19. The molecule has 0 radical (unpaired) electrons. The van der Waals surface area contributed by atoms with E-state index in [4.69, 9.17) is 4.84 Å². The largest absolute Gasteiger partial charge is 0.300 e. The summed E-state index contributed by atoms with van der Waals surface area (Å²) in [6.07, 6.45) is 5.00. The topological polar surface area (TPSA) is 29.5 Å². The number of rotatable bonds is 5. The van der Waals surface area contributed by atoms with Crippen molar-refractivity contribution in [1.82, 2.24) is 5.06 Å². The lowest BCUT2D eigenvalue weighted by atomic mass is 9.81. The van der Waals surface area contributed by atoms with E-state index >= 15 is 0 Å². The Morgan fingerprint density at radius 1 is 1.33 bits per heavy atom. The first-order chi connectivity index (χ1) is 8.23. The number of ketones is 1. The van der Waals surface area contributed by atoms with Crippen molar-refractivity contribution in [3.8, 4) is 0 Å². The fourth-order valence-corrected chi connectivity index (χ4v) is 2.91. The second-order valence-electron chi connectivity index (χ2n) is 6.48. The summed E-state index contributed by atoms with van der Waals surface area (Å²) in [4.78, 5) is 17.9. The number of hydrogen-bond donors (Lipinski definition) is 0. The highest BCUT2D eigenvalue weighted by Crippen LogP contribution is 2.37. The first-order valence-corrected chi connectivity index (χ1v) is 6.84. The third-order valence-corrected chi connectivity index (χ3v) is 3.44. The molecule has 1 aliphatic heterocycles. The van der Waals surface area contributed by atoms with Gasteiger partial charge in [0.15, 0.2) is 0 Å². The van der Waals surface area contributed by atoms with Crippen LogP contribution in [0.3, 0.4) is 0 Å². The second kappa shape index (κ2) is 5.54. The van der Waals surface area contributed by atoms with Crippen LogP contribution in [0, 0.1) is 0 Å². The lowest BCUT2D eigenvalue weighted by Gasteiger charge is -2.51. The highest BCUT2D eigenvalue weighted by molar-refractivity contribution is 5.81. The molecule has 0 aliphatic carbocycles. The summed E-state index contributed by atoms with van der Waals surface area (Å²) in [5, 5.41) is 2.02. The molecule has 104 valence electrons. The van der Waals surface area contributed by atoms with E-state index in [1.54, 1.807) is 0 Å². The van der Waals surface area contributed by atoms with Crippen LogP contribution in [0.5, 0.6) is 0 Å². The molecule has 1 aliphatic rings. The highest BCUT2D eigenvalue weighted by Gasteiger charge is 2.46. The monoisotopic (exact) mass is 253 g/mol. The van der Waals surface area contributed by atoms with E-state index in [2.05, 4.69) is 41.2 Å². The van der Waals surface area contributed by atoms with Gasteiger partial charge in [0.25, 0.3) is 0 Å². The van der Waals surface area contributed by atoms with Crippen LogP contribution < -0.4 is 0 Å². The SMILES string of the molecule is C=CC(CCC)ON1C(C)(C)CC(=O)CC1(C)C. The summed E-state index contributed by atoms with van der Waals surface area (Å²) in [5.74, 6) is 0.315. The van der Waals surface area contributed by atoms with Crippen LogP contribution in [-0.4, -0.2) is 28.0 Å². The van der Waals surface area contributed by atoms with Crippen molar-refractivity contribution in [3.05, 3.63) is 12.7 Å². The fraction of sp³-hybridized carbons (Fsp3) is 0.800. The molecule has 1 fully saturated rings. The van der Waals surface area contributed by atoms with Gasteiger partial charge in [0.1, 0.15) is 5.78 Å². The van der Waals surface area contributed by atoms with E-state index in [0.29, 0.717) is 18.6 Å². The maximum atomic E-state index is 11.8. The molecule has 1 rings (SSSR count). The van der Waals surface area contributed by atoms with E-state index in [1.807, 2.05) is 11.1 Å². The van der Waals surface area contributed by atoms with E-state index in [9.17, 15) is 4.79 Å². The zero-order valence-electron chi connectivity index (χ0n) is 12.5. The van der Waals surface area contributed by atoms with Crippen LogP contribution in [-0.2, 0) is 9.63 Å². The molecule has 1 unspecified atom stereocenters. The zero-order chi connectivity index (χ0) is 14.0. The van der Waals surface area contributed by atoms with Crippen molar-refractivity contribution in [3.63, 3.8) is 0 Å². The minimum Gasteiger partial charge on any atom is -0.300 e. The fourth-order valence-electron chi connectivity index (χ4n) is 2.91. The molecule has 0 amide bonds. The van der Waals surface area contributed by atoms with Crippen molar-refractivity contribution in [2.75, 3.05) is 0 Å². The molecule has 0 aromatic heterocycles. The molecule has 0 N–H and O–H groups in total. The van der Waals surface area contributed by atoms with Gasteiger partial charge in [-0.25, -0.2) is 0 Å². The maximum Gasteiger partial charge on any atom is 0.136 e. The Morgan fingerprint density at radius 2 is 1.83 bits per heavy atom. The van der Waals surface area contributed by atoms with Gasteiger partial charge in [0, 0.05) is 23.9 Å². The summed E-state index contributed by atoms with van der Waals surface area (Å²) in [6.45, 7) is 14.2. The summed E-state index contributed by atoms with van der Waals surface area (Å²) in [7, 11) is 0. The van der Waals surface area contributed by atoms with Crippen molar-refractivity contribution < 1.29 is 9.63 Å². The number of piperidine rings is 1. The van der Waals surface area contributed by atoms with Gasteiger partial charge in [-0.05, 0) is 34.1 Å². The number of nitrogens with zero attached hydrogens (tertiary/aromatic N) is 1. The van der Waals surface area contributed by atoms with E-state index in [0.717, 1.165) is 12.8 Å². The van der Waals surface area contributed by atoms with Crippen LogP contribution in [0.1, 0.15) is 60.3 Å². The van der Waals surface area contributed by atoms with Gasteiger partial charge in [-0.15, -0.1) is 6.58 Å². The van der Waals surface area contributed by atoms with Crippen molar-refractivity contribution in [2.45, 2.75) is 77.5 Å². The second-order valence-corrected chi connectivity index (χ2v) is 6.48. The summed E-state index contributed by atoms with van der Waals surface area (Å²) in [6, 6.07) is 0. The molecule has 0 aromatic rings. The molecule has 3 nitrogen and oxygen atoms in total. The Kier molecular flexibility index (Phi) is 4.73.